The molecular weight excluding hydrogens is 127 g/mol. The Morgan fingerprint density at radius 2 is 2.25 bits per heavy atom. The van der Waals surface area contributed by atoms with E-state index >= 15 is 0 Å². The van der Waals surface area contributed by atoms with Crippen LogP contribution in [0.4, 0.5) is 0 Å². The predicted octanol–water partition coefficient (Wildman–Crippen LogP) is -0.454. The molecule has 0 atom stereocenters. The van der Waals surface area contributed by atoms with Gasteiger partial charge in [-0.25, -0.2) is 0 Å². The van der Waals surface area contributed by atoms with Gasteiger partial charge in [-0.05, 0) is 0 Å². The summed E-state index contributed by atoms with van der Waals surface area (Å²) in [6.07, 6.45) is 0. The molecular formula is C3H7AlO4. The Balaban J connectivity index is 2.62. The van der Waals surface area contributed by atoms with Crippen LogP contribution < -0.4 is 0 Å². The normalized spacial score (nSPS) is 8.12. The van der Waals surface area contributed by atoms with Crippen LogP contribution in [-0.4, -0.2) is 35.8 Å². The first kappa shape index (κ1) is 8.05. The average Bonchev–Trinajstić information content (AvgIpc) is 1.81. The molecule has 0 spiro atoms. The van der Waals surface area contributed by atoms with E-state index in [2.05, 4.69) is 13.6 Å². The molecule has 0 N–H and O–H groups in total. The molecule has 0 saturated heterocycles. The molecule has 0 heterocycles. The Hall–Kier alpha value is 0.0525. The van der Waals surface area contributed by atoms with E-state index in [4.69, 9.17) is 0 Å². The molecule has 4 nitrogen and oxygen atoms in total. The number of rotatable bonds is 5. The Labute approximate surface area is 53.9 Å². The van der Waals surface area contributed by atoms with Crippen molar-refractivity contribution in [2.75, 3.05) is 20.3 Å². The summed E-state index contributed by atoms with van der Waals surface area (Å²) < 4.78 is 18.3. The third-order valence-corrected chi connectivity index (χ3v) is 0.693. The molecule has 46 valence electrons. The SMILES string of the molecule is COCCO[O][Al]=[O]. The molecule has 0 aromatic carbocycles. The summed E-state index contributed by atoms with van der Waals surface area (Å²) in [7, 11) is 1.55. The first-order chi connectivity index (χ1) is 3.91. The van der Waals surface area contributed by atoms with E-state index in [1.165, 1.54) is 0 Å². The van der Waals surface area contributed by atoms with E-state index < -0.39 is 15.5 Å². The first-order valence-corrected chi connectivity index (χ1v) is 3.07. The summed E-state index contributed by atoms with van der Waals surface area (Å²) >= 11 is -1.25. The molecule has 8 heavy (non-hydrogen) atoms. The van der Waals surface area contributed by atoms with Crippen LogP contribution in [0.15, 0.2) is 0 Å². The summed E-state index contributed by atoms with van der Waals surface area (Å²) in [5.41, 5.74) is 0. The minimum atomic E-state index is -1.25. The maximum absolute atomic E-state index is 9.59. The first-order valence-electron chi connectivity index (χ1n) is 2.12. The molecule has 0 aromatic heterocycles. The van der Waals surface area contributed by atoms with Crippen LogP contribution in [-0.2, 0) is 17.4 Å². The molecule has 0 aromatic rings. The Bertz CT molecular complexity index is 57.2. The molecule has 0 rings (SSSR count). The molecule has 0 aliphatic heterocycles. The summed E-state index contributed by atoms with van der Waals surface area (Å²) in [6.45, 7) is 0.783. The van der Waals surface area contributed by atoms with Gasteiger partial charge in [-0.15, -0.1) is 0 Å². The second-order valence-electron chi connectivity index (χ2n) is 1.01. The van der Waals surface area contributed by atoms with Gasteiger partial charge >= 0.3 is 53.2 Å². The van der Waals surface area contributed by atoms with Crippen LogP contribution in [0.3, 0.4) is 0 Å². The zero-order valence-corrected chi connectivity index (χ0v) is 5.78. The summed E-state index contributed by atoms with van der Waals surface area (Å²) in [5.74, 6) is 0. The molecule has 0 bridgehead atoms. The van der Waals surface area contributed by atoms with Gasteiger partial charge in [0.05, 0.1) is 0 Å². The fourth-order valence-electron chi connectivity index (χ4n) is 0.193. The fraction of sp³-hybridized carbons (Fsp3) is 1.00. The predicted molar refractivity (Wildman–Crippen MR) is 25.4 cm³/mol. The standard InChI is InChI=1S/C3H8O3.Al.O/c1-5-2-3-6-4;;/h4H,2-3H2,1H3;;/q;+1;/p-1. The molecule has 5 heteroatoms. The van der Waals surface area contributed by atoms with Gasteiger partial charge in [0.25, 0.3) is 0 Å². The van der Waals surface area contributed by atoms with Crippen LogP contribution >= 0.6 is 0 Å². The number of hydrogen-bond donors (Lipinski definition) is 0. The average molecular weight is 134 g/mol. The van der Waals surface area contributed by atoms with Gasteiger partial charge in [-0.1, -0.05) is 0 Å². The summed E-state index contributed by atoms with van der Waals surface area (Å²) in [5, 5.41) is 0. The summed E-state index contributed by atoms with van der Waals surface area (Å²) in [6, 6.07) is 0. The summed E-state index contributed by atoms with van der Waals surface area (Å²) in [4.78, 5) is 4.32. The van der Waals surface area contributed by atoms with Crippen molar-refractivity contribution in [3.8, 4) is 0 Å². The van der Waals surface area contributed by atoms with E-state index in [0.29, 0.717) is 13.2 Å². The Morgan fingerprint density at radius 1 is 1.50 bits per heavy atom. The number of methoxy groups -OCH3 is 1. The van der Waals surface area contributed by atoms with Crippen molar-refractivity contribution in [1.29, 1.82) is 0 Å². The van der Waals surface area contributed by atoms with Gasteiger partial charge in [0.1, 0.15) is 0 Å². The number of ether oxygens (including phenoxy) is 1. The Kier molecular flexibility index (Phi) is 7.10. The quantitative estimate of drug-likeness (QED) is 0.221. The zero-order chi connectivity index (χ0) is 6.24. The van der Waals surface area contributed by atoms with E-state index in [0.717, 1.165) is 0 Å². The fourth-order valence-corrected chi connectivity index (χ4v) is 0.345. The van der Waals surface area contributed by atoms with Crippen LogP contribution in [0.5, 0.6) is 0 Å². The van der Waals surface area contributed by atoms with Crippen molar-refractivity contribution in [2.24, 2.45) is 0 Å². The van der Waals surface area contributed by atoms with E-state index in [1.807, 2.05) is 0 Å². The molecule has 0 saturated carbocycles. The molecule has 0 radical (unpaired) electrons. The third-order valence-electron chi connectivity index (χ3n) is 0.478. The second-order valence-corrected chi connectivity index (χ2v) is 1.39. The van der Waals surface area contributed by atoms with E-state index in [9.17, 15) is 3.80 Å². The van der Waals surface area contributed by atoms with Crippen molar-refractivity contribution in [2.45, 2.75) is 0 Å². The van der Waals surface area contributed by atoms with Crippen molar-refractivity contribution in [3.05, 3.63) is 0 Å². The topological polar surface area (TPSA) is 44.8 Å². The van der Waals surface area contributed by atoms with Crippen molar-refractivity contribution in [3.63, 3.8) is 0 Å². The van der Waals surface area contributed by atoms with Gasteiger partial charge in [-0.3, -0.25) is 0 Å². The van der Waals surface area contributed by atoms with Crippen molar-refractivity contribution >= 4 is 15.5 Å². The van der Waals surface area contributed by atoms with E-state index in [-0.39, 0.29) is 0 Å². The Morgan fingerprint density at radius 3 is 2.75 bits per heavy atom. The maximum atomic E-state index is 9.59. The monoisotopic (exact) mass is 134 g/mol. The van der Waals surface area contributed by atoms with Gasteiger partial charge in [0.2, 0.25) is 0 Å². The van der Waals surface area contributed by atoms with Gasteiger partial charge in [-0.2, -0.15) is 0 Å². The molecule has 0 fully saturated rings. The minimum absolute atomic E-state index is 0.325. The molecule has 0 aliphatic rings. The zero-order valence-electron chi connectivity index (χ0n) is 4.62. The van der Waals surface area contributed by atoms with Gasteiger partial charge in [0.15, 0.2) is 0 Å². The van der Waals surface area contributed by atoms with Crippen molar-refractivity contribution < 1.29 is 17.4 Å². The van der Waals surface area contributed by atoms with Crippen LogP contribution in [0, 0.1) is 0 Å². The third kappa shape index (κ3) is 6.05. The van der Waals surface area contributed by atoms with Crippen LogP contribution in [0.25, 0.3) is 0 Å². The van der Waals surface area contributed by atoms with Gasteiger partial charge < -0.3 is 0 Å². The molecule has 0 aliphatic carbocycles. The number of hydrogen-bond acceptors (Lipinski definition) is 4. The van der Waals surface area contributed by atoms with Crippen LogP contribution in [0.1, 0.15) is 0 Å². The van der Waals surface area contributed by atoms with E-state index in [1.54, 1.807) is 7.11 Å². The van der Waals surface area contributed by atoms with Gasteiger partial charge in [0, 0.05) is 0 Å². The van der Waals surface area contributed by atoms with Crippen LogP contribution in [0.2, 0.25) is 0 Å². The molecule has 0 amide bonds. The molecule has 0 unspecified atom stereocenters. The van der Waals surface area contributed by atoms with Crippen molar-refractivity contribution in [1.82, 2.24) is 0 Å². The second kappa shape index (κ2) is 7.05.